The van der Waals surface area contributed by atoms with Gasteiger partial charge in [-0.2, -0.15) is 0 Å². The summed E-state index contributed by atoms with van der Waals surface area (Å²) in [5, 5.41) is 17.6. The molecule has 6 N–H and O–H groups in total. The fraction of sp³-hybridized carbons (Fsp3) is 0.143. The topological polar surface area (TPSA) is 129 Å². The smallest absolute Gasteiger partial charge is 0.263 e. The number of aromatic nitrogens is 2. The molecule has 1 unspecified atom stereocenters. The van der Waals surface area contributed by atoms with Gasteiger partial charge in [-0.25, -0.2) is 0 Å². The first kappa shape index (κ1) is 18.4. The maximum atomic E-state index is 12.6. The summed E-state index contributed by atoms with van der Waals surface area (Å²) in [6.45, 7) is 2.33. The Morgan fingerprint density at radius 1 is 1.14 bits per heavy atom. The van der Waals surface area contributed by atoms with E-state index in [2.05, 4.69) is 25.9 Å². The highest BCUT2D eigenvalue weighted by Gasteiger charge is 2.27. The fourth-order valence-corrected chi connectivity index (χ4v) is 3.23. The molecule has 3 heterocycles. The van der Waals surface area contributed by atoms with E-state index in [0.29, 0.717) is 23.5 Å². The lowest BCUT2D eigenvalue weighted by molar-refractivity contribution is -0.121. The van der Waals surface area contributed by atoms with Crippen LogP contribution in [-0.2, 0) is 11.3 Å². The normalized spacial score (nSPS) is 14.4. The molecule has 0 aliphatic carbocycles. The number of carbonyl (C=O) groups is 1. The molecule has 3 aromatic rings. The van der Waals surface area contributed by atoms with E-state index in [1.54, 1.807) is 42.9 Å². The average Bonchev–Trinajstić information content (AvgIpc) is 3.14. The summed E-state index contributed by atoms with van der Waals surface area (Å²) >= 11 is 0. The van der Waals surface area contributed by atoms with Gasteiger partial charge >= 0.3 is 0 Å². The maximum absolute atomic E-state index is 12.6. The molecule has 0 bridgehead atoms. The molecule has 29 heavy (non-hydrogen) atoms. The number of aryl methyl sites for hydroxylation is 1. The van der Waals surface area contributed by atoms with Gasteiger partial charge in [-0.05, 0) is 48.9 Å². The van der Waals surface area contributed by atoms with Crippen molar-refractivity contribution >= 4 is 28.7 Å². The summed E-state index contributed by atoms with van der Waals surface area (Å²) in [7, 11) is 0. The number of pyridine rings is 2. The zero-order valence-electron chi connectivity index (χ0n) is 15.9. The standard InChI is InChI=1S/C21H21N7O/c1-12-8-13(2-7-25-12)11-26-21(29)20-27-17-9-15(16(22)10-18(17)28-20)19(23)14-3-5-24-6-4-14/h2-10,20,23,27-28H,11,22H2,1H3,(H,26,29). The number of nitrogens with one attached hydrogen (secondary N) is 4. The zero-order valence-corrected chi connectivity index (χ0v) is 15.9. The van der Waals surface area contributed by atoms with Gasteiger partial charge in [-0.3, -0.25) is 20.2 Å². The van der Waals surface area contributed by atoms with Gasteiger partial charge in [0.2, 0.25) is 0 Å². The Bertz CT molecular complexity index is 1080. The molecule has 0 fully saturated rings. The summed E-state index contributed by atoms with van der Waals surface area (Å²) in [6.07, 6.45) is 4.38. The Hall–Kier alpha value is -3.94. The number of hydrogen-bond acceptors (Lipinski definition) is 7. The Morgan fingerprint density at radius 2 is 1.86 bits per heavy atom. The monoisotopic (exact) mass is 387 g/mol. The average molecular weight is 387 g/mol. The van der Waals surface area contributed by atoms with Gasteiger partial charge in [0.15, 0.2) is 6.17 Å². The quantitative estimate of drug-likeness (QED) is 0.337. The van der Waals surface area contributed by atoms with Crippen molar-refractivity contribution in [2.45, 2.75) is 19.6 Å². The van der Waals surface area contributed by atoms with Crippen LogP contribution in [0.5, 0.6) is 0 Å². The maximum Gasteiger partial charge on any atom is 0.263 e. The Morgan fingerprint density at radius 3 is 2.59 bits per heavy atom. The minimum Gasteiger partial charge on any atom is -0.398 e. The molecule has 2 aromatic heterocycles. The van der Waals surface area contributed by atoms with E-state index in [4.69, 9.17) is 11.1 Å². The molecule has 8 nitrogen and oxygen atoms in total. The second-order valence-electron chi connectivity index (χ2n) is 6.84. The summed E-state index contributed by atoms with van der Waals surface area (Å²) < 4.78 is 0. The number of amides is 1. The van der Waals surface area contributed by atoms with Crippen LogP contribution in [0.3, 0.4) is 0 Å². The van der Waals surface area contributed by atoms with E-state index in [0.717, 1.165) is 28.2 Å². The molecule has 1 aromatic carbocycles. The number of carbonyl (C=O) groups excluding carboxylic acids is 1. The highest BCUT2D eigenvalue weighted by Crippen LogP contribution is 2.34. The summed E-state index contributed by atoms with van der Waals surface area (Å²) in [6, 6.07) is 10.9. The molecular weight excluding hydrogens is 366 g/mol. The summed E-state index contributed by atoms with van der Waals surface area (Å²) in [5.74, 6) is -0.181. The summed E-state index contributed by atoms with van der Waals surface area (Å²) in [5.41, 5.74) is 11.6. The third-order valence-electron chi connectivity index (χ3n) is 4.72. The van der Waals surface area contributed by atoms with Crippen molar-refractivity contribution < 1.29 is 4.79 Å². The van der Waals surface area contributed by atoms with Crippen molar-refractivity contribution in [1.82, 2.24) is 15.3 Å². The largest absolute Gasteiger partial charge is 0.398 e. The first-order valence-corrected chi connectivity index (χ1v) is 9.16. The van der Waals surface area contributed by atoms with E-state index in [1.165, 1.54) is 0 Å². The lowest BCUT2D eigenvalue weighted by Gasteiger charge is -2.12. The van der Waals surface area contributed by atoms with Crippen LogP contribution < -0.4 is 21.7 Å². The van der Waals surface area contributed by atoms with Gasteiger partial charge in [0, 0.05) is 47.6 Å². The molecule has 4 rings (SSSR count). The highest BCUT2D eigenvalue weighted by atomic mass is 16.2. The van der Waals surface area contributed by atoms with E-state index in [1.807, 2.05) is 19.1 Å². The molecule has 146 valence electrons. The lowest BCUT2D eigenvalue weighted by atomic mass is 10.0. The van der Waals surface area contributed by atoms with Crippen LogP contribution in [0.4, 0.5) is 17.1 Å². The van der Waals surface area contributed by atoms with Crippen molar-refractivity contribution in [2.24, 2.45) is 0 Å². The van der Waals surface area contributed by atoms with Gasteiger partial charge in [-0.15, -0.1) is 0 Å². The van der Waals surface area contributed by atoms with E-state index < -0.39 is 6.17 Å². The summed E-state index contributed by atoms with van der Waals surface area (Å²) in [4.78, 5) is 20.7. The first-order valence-electron chi connectivity index (χ1n) is 9.16. The number of fused-ring (bicyclic) bond motifs is 1. The lowest BCUT2D eigenvalue weighted by Crippen LogP contribution is -2.41. The SMILES string of the molecule is Cc1cc(CNC(=O)C2Nc3cc(N)c(C(=N)c4ccncc4)cc3N2)ccn1. The van der Waals surface area contributed by atoms with Crippen LogP contribution >= 0.6 is 0 Å². The fourth-order valence-electron chi connectivity index (χ4n) is 3.23. The third-order valence-corrected chi connectivity index (χ3v) is 4.72. The molecule has 8 heteroatoms. The van der Waals surface area contributed by atoms with Crippen LogP contribution in [0.2, 0.25) is 0 Å². The van der Waals surface area contributed by atoms with Gasteiger partial charge in [0.05, 0.1) is 17.1 Å². The van der Waals surface area contributed by atoms with Gasteiger partial charge < -0.3 is 21.7 Å². The third kappa shape index (κ3) is 3.86. The van der Waals surface area contributed by atoms with Crippen molar-refractivity contribution in [3.8, 4) is 0 Å². The number of nitrogens with zero attached hydrogens (tertiary/aromatic N) is 2. The second kappa shape index (κ2) is 7.59. The van der Waals surface area contributed by atoms with Gasteiger partial charge in [0.1, 0.15) is 0 Å². The van der Waals surface area contributed by atoms with Crippen molar-refractivity contribution in [1.29, 1.82) is 5.41 Å². The number of anilines is 3. The molecule has 0 spiro atoms. The minimum atomic E-state index is -0.613. The predicted octanol–water partition coefficient (Wildman–Crippen LogP) is 2.26. The van der Waals surface area contributed by atoms with Crippen molar-refractivity contribution in [3.05, 3.63) is 77.4 Å². The Labute approximate surface area is 168 Å². The number of rotatable bonds is 5. The van der Waals surface area contributed by atoms with Crippen LogP contribution in [0.1, 0.15) is 22.4 Å². The number of hydrogen-bond donors (Lipinski definition) is 5. The predicted molar refractivity (Wildman–Crippen MR) is 113 cm³/mol. The van der Waals surface area contributed by atoms with Crippen LogP contribution in [0.25, 0.3) is 0 Å². The zero-order chi connectivity index (χ0) is 20.4. The highest BCUT2D eigenvalue weighted by molar-refractivity contribution is 6.15. The molecule has 1 aliphatic rings. The van der Waals surface area contributed by atoms with Crippen LogP contribution in [0.15, 0.2) is 55.0 Å². The number of benzene rings is 1. The van der Waals surface area contributed by atoms with Gasteiger partial charge in [-0.1, -0.05) is 0 Å². The van der Waals surface area contributed by atoms with Crippen LogP contribution in [0, 0.1) is 12.3 Å². The Balaban J connectivity index is 1.46. The van der Waals surface area contributed by atoms with E-state index >= 15 is 0 Å². The van der Waals surface area contributed by atoms with E-state index in [-0.39, 0.29) is 5.91 Å². The van der Waals surface area contributed by atoms with E-state index in [9.17, 15) is 4.79 Å². The first-order chi connectivity index (χ1) is 14.0. The molecule has 0 saturated heterocycles. The molecule has 1 amide bonds. The molecule has 0 radical (unpaired) electrons. The van der Waals surface area contributed by atoms with Crippen molar-refractivity contribution in [3.63, 3.8) is 0 Å². The number of nitrogens with two attached hydrogens (primary N) is 1. The second-order valence-corrected chi connectivity index (χ2v) is 6.84. The molecule has 0 saturated carbocycles. The van der Waals surface area contributed by atoms with Crippen LogP contribution in [-0.4, -0.2) is 27.8 Å². The molecule has 1 atom stereocenters. The number of nitrogen functional groups attached to an aromatic ring is 1. The van der Waals surface area contributed by atoms with Crippen molar-refractivity contribution in [2.75, 3.05) is 16.4 Å². The molecule has 1 aliphatic heterocycles. The minimum absolute atomic E-state index is 0.181. The Kier molecular flexibility index (Phi) is 4.82. The molecular formula is C21H21N7O. The van der Waals surface area contributed by atoms with Gasteiger partial charge in [0.25, 0.3) is 5.91 Å².